The topological polar surface area (TPSA) is 8.17 Å². The van der Waals surface area contributed by atoms with Gasteiger partial charge in [-0.25, -0.2) is 0 Å². The Morgan fingerprint density at radius 2 is 0.978 bits per heavy atom. The molecule has 0 N–H and O–H groups in total. The molecule has 1 heterocycles. The number of para-hydroxylation sites is 3. The molecule has 46 heavy (non-hydrogen) atoms. The van der Waals surface area contributed by atoms with E-state index < -0.39 is 0 Å². The number of anilines is 3. The first-order valence-corrected chi connectivity index (χ1v) is 15.8. The molecular formula is C44H30N2. The van der Waals surface area contributed by atoms with Crippen molar-refractivity contribution in [3.8, 4) is 16.8 Å². The molecule has 0 unspecified atom stereocenters. The van der Waals surface area contributed by atoms with Crippen LogP contribution in [-0.2, 0) is 0 Å². The van der Waals surface area contributed by atoms with E-state index in [2.05, 4.69) is 191 Å². The monoisotopic (exact) mass is 586 g/mol. The fourth-order valence-corrected chi connectivity index (χ4v) is 7.10. The molecule has 9 rings (SSSR count). The molecule has 0 amide bonds. The highest BCUT2D eigenvalue weighted by Gasteiger charge is 2.19. The van der Waals surface area contributed by atoms with Crippen LogP contribution in [0.2, 0.25) is 0 Å². The maximum atomic E-state index is 2.42. The van der Waals surface area contributed by atoms with Crippen LogP contribution in [0.1, 0.15) is 0 Å². The van der Waals surface area contributed by atoms with Gasteiger partial charge in [0.15, 0.2) is 0 Å². The van der Waals surface area contributed by atoms with Crippen LogP contribution in [0, 0.1) is 0 Å². The summed E-state index contributed by atoms with van der Waals surface area (Å²) in [5, 5.41) is 7.48. The summed E-state index contributed by atoms with van der Waals surface area (Å²) in [6.45, 7) is 0. The van der Waals surface area contributed by atoms with Crippen molar-refractivity contribution in [1.82, 2.24) is 4.57 Å². The van der Waals surface area contributed by atoms with Gasteiger partial charge in [-0.15, -0.1) is 0 Å². The third-order valence-electron chi connectivity index (χ3n) is 9.15. The van der Waals surface area contributed by atoms with Gasteiger partial charge in [-0.1, -0.05) is 127 Å². The van der Waals surface area contributed by atoms with Crippen LogP contribution in [0.15, 0.2) is 182 Å². The van der Waals surface area contributed by atoms with E-state index in [4.69, 9.17) is 0 Å². The second-order valence-corrected chi connectivity index (χ2v) is 11.8. The summed E-state index contributed by atoms with van der Waals surface area (Å²) in [6.07, 6.45) is 0. The van der Waals surface area contributed by atoms with Gasteiger partial charge < -0.3 is 9.47 Å². The van der Waals surface area contributed by atoms with Crippen molar-refractivity contribution in [2.45, 2.75) is 0 Å². The lowest BCUT2D eigenvalue weighted by Gasteiger charge is -2.27. The van der Waals surface area contributed by atoms with Crippen molar-refractivity contribution in [3.05, 3.63) is 182 Å². The quantitative estimate of drug-likeness (QED) is 0.195. The maximum Gasteiger partial charge on any atom is 0.0619 e. The highest BCUT2D eigenvalue weighted by atomic mass is 15.1. The summed E-state index contributed by atoms with van der Waals surface area (Å²) < 4.78 is 2.42. The zero-order valence-electron chi connectivity index (χ0n) is 25.2. The molecule has 1 aromatic heterocycles. The van der Waals surface area contributed by atoms with Gasteiger partial charge in [0, 0.05) is 38.6 Å². The van der Waals surface area contributed by atoms with E-state index in [0.29, 0.717) is 0 Å². The number of rotatable bonds is 5. The number of fused-ring (bicyclic) bond motifs is 6. The fourth-order valence-electron chi connectivity index (χ4n) is 7.10. The summed E-state index contributed by atoms with van der Waals surface area (Å²) in [6, 6.07) is 65.6. The number of benzene rings is 8. The number of hydrogen-bond donors (Lipinski definition) is 0. The average molecular weight is 587 g/mol. The average Bonchev–Trinajstić information content (AvgIpc) is 3.47. The van der Waals surface area contributed by atoms with E-state index in [1.165, 1.54) is 60.2 Å². The third-order valence-corrected chi connectivity index (χ3v) is 9.15. The summed E-state index contributed by atoms with van der Waals surface area (Å²) >= 11 is 0. The SMILES string of the molecule is c1ccc(N(c2ccc(-c3cc4c5ccccc5n(-c5ccccc5)c4c4ccccc34)cc2)c2cccc3ccccc23)cc1. The molecule has 0 spiro atoms. The van der Waals surface area contributed by atoms with Gasteiger partial charge in [0.05, 0.1) is 16.7 Å². The molecule has 0 saturated carbocycles. The van der Waals surface area contributed by atoms with Gasteiger partial charge in [0.25, 0.3) is 0 Å². The first-order valence-electron chi connectivity index (χ1n) is 15.8. The van der Waals surface area contributed by atoms with Crippen LogP contribution in [0.25, 0.3) is 60.2 Å². The lowest BCUT2D eigenvalue weighted by atomic mass is 9.95. The Balaban J connectivity index is 1.25. The minimum atomic E-state index is 1.12. The van der Waals surface area contributed by atoms with Gasteiger partial charge in [-0.05, 0) is 76.5 Å². The van der Waals surface area contributed by atoms with Crippen LogP contribution in [0.5, 0.6) is 0 Å². The molecule has 216 valence electrons. The Kier molecular flexibility index (Phi) is 6.17. The first-order chi connectivity index (χ1) is 22.8. The van der Waals surface area contributed by atoms with Crippen molar-refractivity contribution in [1.29, 1.82) is 0 Å². The van der Waals surface area contributed by atoms with Crippen molar-refractivity contribution in [3.63, 3.8) is 0 Å². The predicted octanol–water partition coefficient (Wildman–Crippen LogP) is 12.2. The molecule has 0 saturated heterocycles. The van der Waals surface area contributed by atoms with Gasteiger partial charge in [-0.3, -0.25) is 0 Å². The second-order valence-electron chi connectivity index (χ2n) is 11.8. The summed E-state index contributed by atoms with van der Waals surface area (Å²) in [4.78, 5) is 2.36. The predicted molar refractivity (Wildman–Crippen MR) is 196 cm³/mol. The van der Waals surface area contributed by atoms with E-state index >= 15 is 0 Å². The smallest absolute Gasteiger partial charge is 0.0619 e. The van der Waals surface area contributed by atoms with Gasteiger partial charge >= 0.3 is 0 Å². The highest BCUT2D eigenvalue weighted by Crippen LogP contribution is 2.43. The van der Waals surface area contributed by atoms with Crippen molar-refractivity contribution < 1.29 is 0 Å². The Morgan fingerprint density at radius 3 is 1.76 bits per heavy atom. The van der Waals surface area contributed by atoms with E-state index in [9.17, 15) is 0 Å². The number of hydrogen-bond acceptors (Lipinski definition) is 1. The van der Waals surface area contributed by atoms with E-state index in [-0.39, 0.29) is 0 Å². The van der Waals surface area contributed by atoms with Gasteiger partial charge in [0.1, 0.15) is 0 Å². The molecule has 2 nitrogen and oxygen atoms in total. The van der Waals surface area contributed by atoms with Crippen LogP contribution in [0.4, 0.5) is 17.1 Å². The first kappa shape index (κ1) is 26.3. The summed E-state index contributed by atoms with van der Waals surface area (Å²) in [5.41, 5.74) is 9.49. The van der Waals surface area contributed by atoms with Crippen molar-refractivity contribution >= 4 is 60.4 Å². The molecule has 0 aliphatic carbocycles. The summed E-state index contributed by atoms with van der Waals surface area (Å²) in [5.74, 6) is 0. The van der Waals surface area contributed by atoms with Crippen LogP contribution in [0.3, 0.4) is 0 Å². The lowest BCUT2D eigenvalue weighted by molar-refractivity contribution is 1.19. The Labute approximate surface area is 268 Å². The minimum Gasteiger partial charge on any atom is -0.310 e. The third kappa shape index (κ3) is 4.19. The molecule has 2 heteroatoms. The molecule has 9 aromatic rings. The van der Waals surface area contributed by atoms with E-state index in [0.717, 1.165) is 17.1 Å². The highest BCUT2D eigenvalue weighted by molar-refractivity contribution is 6.22. The molecule has 8 aromatic carbocycles. The van der Waals surface area contributed by atoms with Gasteiger partial charge in [-0.2, -0.15) is 0 Å². The van der Waals surface area contributed by atoms with Crippen LogP contribution < -0.4 is 4.90 Å². The van der Waals surface area contributed by atoms with E-state index in [1.54, 1.807) is 0 Å². The zero-order valence-corrected chi connectivity index (χ0v) is 25.2. The zero-order chi connectivity index (χ0) is 30.5. The Bertz CT molecular complexity index is 2500. The maximum absolute atomic E-state index is 2.42. The van der Waals surface area contributed by atoms with Crippen molar-refractivity contribution in [2.24, 2.45) is 0 Å². The Morgan fingerprint density at radius 1 is 0.391 bits per heavy atom. The van der Waals surface area contributed by atoms with Gasteiger partial charge in [0.2, 0.25) is 0 Å². The van der Waals surface area contributed by atoms with Crippen LogP contribution in [-0.4, -0.2) is 4.57 Å². The normalized spacial score (nSPS) is 11.5. The fraction of sp³-hybridized carbons (Fsp3) is 0. The summed E-state index contributed by atoms with van der Waals surface area (Å²) in [7, 11) is 0. The molecule has 0 aliphatic heterocycles. The van der Waals surface area contributed by atoms with Crippen molar-refractivity contribution in [2.75, 3.05) is 4.90 Å². The second kappa shape index (κ2) is 10.8. The number of aromatic nitrogens is 1. The molecule has 0 radical (unpaired) electrons. The van der Waals surface area contributed by atoms with E-state index in [1.807, 2.05) is 0 Å². The largest absolute Gasteiger partial charge is 0.310 e. The number of nitrogens with zero attached hydrogens (tertiary/aromatic N) is 2. The molecule has 0 aliphatic rings. The molecule has 0 fully saturated rings. The minimum absolute atomic E-state index is 1.12. The lowest BCUT2D eigenvalue weighted by Crippen LogP contribution is -2.10. The molecule has 0 bridgehead atoms. The Hall–Kier alpha value is -6.12. The molecular weight excluding hydrogens is 556 g/mol. The standard InChI is InChI=1S/C44H30N2/c1-3-16-33(17-4-1)45(42-25-13-15-31-14-7-8-20-36(31)42)35-28-26-32(27-29-35)40-30-41-38-22-11-12-24-43(38)46(34-18-5-2-6-19-34)44(41)39-23-10-9-21-37(39)40/h1-30H. The van der Waals surface area contributed by atoms with Crippen LogP contribution >= 0.6 is 0 Å². The molecule has 0 atom stereocenters.